The van der Waals surface area contributed by atoms with E-state index in [0.29, 0.717) is 4.47 Å². The lowest BCUT2D eigenvalue weighted by Gasteiger charge is -2.09. The Hall–Kier alpha value is -1.76. The van der Waals surface area contributed by atoms with Crippen LogP contribution in [0.25, 0.3) is 0 Å². The number of rotatable bonds is 2. The van der Waals surface area contributed by atoms with E-state index in [-0.39, 0.29) is 17.3 Å². The molecule has 7 heteroatoms. The molecule has 0 saturated carbocycles. The Balaban J connectivity index is 2.38. The van der Waals surface area contributed by atoms with Gasteiger partial charge >= 0.3 is 0 Å². The summed E-state index contributed by atoms with van der Waals surface area (Å²) in [7, 11) is 0. The van der Waals surface area contributed by atoms with Crippen molar-refractivity contribution < 1.29 is 8.78 Å². The molecule has 17 heavy (non-hydrogen) atoms. The highest BCUT2D eigenvalue weighted by molar-refractivity contribution is 9.10. The summed E-state index contributed by atoms with van der Waals surface area (Å²) < 4.78 is 26.8. The predicted octanol–water partition coefficient (Wildman–Crippen LogP) is 2.84. The maximum Gasteiger partial charge on any atom is 0.182 e. The Bertz CT molecular complexity index is 512. The molecule has 0 bridgehead atoms. The SMILES string of the molecule is Nc1ncnc(Nc2cccc(F)c2F)c1Br. The average molecular weight is 301 g/mol. The molecule has 2 aromatic rings. The first-order valence-electron chi connectivity index (χ1n) is 4.56. The van der Waals surface area contributed by atoms with Crippen LogP contribution in [0.1, 0.15) is 0 Å². The zero-order valence-electron chi connectivity index (χ0n) is 8.42. The molecule has 2 rings (SSSR count). The maximum atomic E-state index is 13.4. The minimum absolute atomic E-state index is 0.0243. The summed E-state index contributed by atoms with van der Waals surface area (Å²) >= 11 is 3.15. The topological polar surface area (TPSA) is 63.8 Å². The van der Waals surface area contributed by atoms with Gasteiger partial charge in [0.1, 0.15) is 22.4 Å². The number of nitrogens with one attached hydrogen (secondary N) is 1. The summed E-state index contributed by atoms with van der Waals surface area (Å²) in [4.78, 5) is 7.60. The minimum atomic E-state index is -0.975. The molecule has 1 heterocycles. The second-order valence-electron chi connectivity index (χ2n) is 3.15. The van der Waals surface area contributed by atoms with Crippen molar-refractivity contribution in [3.05, 3.63) is 40.6 Å². The van der Waals surface area contributed by atoms with Crippen molar-refractivity contribution in [3.8, 4) is 0 Å². The van der Waals surface area contributed by atoms with Gasteiger partial charge in [-0.2, -0.15) is 0 Å². The maximum absolute atomic E-state index is 13.4. The van der Waals surface area contributed by atoms with Crippen molar-refractivity contribution in [2.75, 3.05) is 11.1 Å². The lowest BCUT2D eigenvalue weighted by atomic mass is 10.3. The van der Waals surface area contributed by atoms with Gasteiger partial charge in [-0.05, 0) is 28.1 Å². The Kier molecular flexibility index (Phi) is 3.19. The van der Waals surface area contributed by atoms with Crippen LogP contribution < -0.4 is 11.1 Å². The Labute approximate surface area is 104 Å². The first-order valence-corrected chi connectivity index (χ1v) is 5.36. The second-order valence-corrected chi connectivity index (χ2v) is 3.94. The molecule has 0 aliphatic heterocycles. The predicted molar refractivity (Wildman–Crippen MR) is 63.8 cm³/mol. The van der Waals surface area contributed by atoms with Crippen molar-refractivity contribution in [2.24, 2.45) is 0 Å². The van der Waals surface area contributed by atoms with Crippen LogP contribution in [0.15, 0.2) is 29.0 Å². The fraction of sp³-hybridized carbons (Fsp3) is 0. The van der Waals surface area contributed by atoms with E-state index in [0.717, 1.165) is 6.07 Å². The van der Waals surface area contributed by atoms with Crippen molar-refractivity contribution in [3.63, 3.8) is 0 Å². The third kappa shape index (κ3) is 2.33. The summed E-state index contributed by atoms with van der Waals surface area (Å²) in [6, 6.07) is 3.81. The molecule has 0 aliphatic carbocycles. The van der Waals surface area contributed by atoms with E-state index in [9.17, 15) is 8.78 Å². The summed E-state index contributed by atoms with van der Waals surface area (Å²) in [5, 5.41) is 2.63. The van der Waals surface area contributed by atoms with Crippen LogP contribution in [-0.2, 0) is 0 Å². The number of nitrogens with two attached hydrogens (primary N) is 1. The lowest BCUT2D eigenvalue weighted by Crippen LogP contribution is -2.02. The van der Waals surface area contributed by atoms with E-state index in [1.165, 1.54) is 18.5 Å². The summed E-state index contributed by atoms with van der Waals surface area (Å²) in [6.45, 7) is 0. The fourth-order valence-corrected chi connectivity index (χ4v) is 1.50. The lowest BCUT2D eigenvalue weighted by molar-refractivity contribution is 0.511. The fourth-order valence-electron chi connectivity index (χ4n) is 1.20. The molecule has 3 N–H and O–H groups in total. The quantitative estimate of drug-likeness (QED) is 0.895. The van der Waals surface area contributed by atoms with Gasteiger partial charge in [-0.3, -0.25) is 0 Å². The van der Waals surface area contributed by atoms with Gasteiger partial charge < -0.3 is 11.1 Å². The molecule has 0 amide bonds. The summed E-state index contributed by atoms with van der Waals surface area (Å²) in [5.74, 6) is -1.44. The average Bonchev–Trinajstić information content (AvgIpc) is 2.31. The molecule has 0 aliphatic rings. The van der Waals surface area contributed by atoms with Gasteiger partial charge in [0.15, 0.2) is 11.6 Å². The molecular formula is C10H7BrF2N4. The van der Waals surface area contributed by atoms with Gasteiger partial charge in [-0.15, -0.1) is 0 Å². The number of halogens is 3. The molecule has 1 aromatic heterocycles. The second kappa shape index (κ2) is 4.62. The van der Waals surface area contributed by atoms with Crippen LogP contribution in [-0.4, -0.2) is 9.97 Å². The van der Waals surface area contributed by atoms with Gasteiger partial charge in [0.25, 0.3) is 0 Å². The van der Waals surface area contributed by atoms with Crippen molar-refractivity contribution in [2.45, 2.75) is 0 Å². The molecule has 0 saturated heterocycles. The highest BCUT2D eigenvalue weighted by atomic mass is 79.9. The number of aromatic nitrogens is 2. The Morgan fingerprint density at radius 1 is 1.24 bits per heavy atom. The van der Waals surface area contributed by atoms with E-state index < -0.39 is 11.6 Å². The molecule has 0 atom stereocenters. The standard InChI is InChI=1S/C10H7BrF2N4/c11-7-9(14)15-4-16-10(7)17-6-3-1-2-5(12)8(6)13/h1-4H,(H3,14,15,16,17). The largest absolute Gasteiger partial charge is 0.383 e. The van der Waals surface area contributed by atoms with Crippen LogP contribution >= 0.6 is 15.9 Å². The number of nitrogen functional groups attached to an aromatic ring is 1. The number of nitrogens with zero attached hydrogens (tertiary/aromatic N) is 2. The monoisotopic (exact) mass is 300 g/mol. The minimum Gasteiger partial charge on any atom is -0.383 e. The van der Waals surface area contributed by atoms with Gasteiger partial charge in [-0.25, -0.2) is 18.7 Å². The molecule has 0 unspecified atom stereocenters. The number of hydrogen-bond acceptors (Lipinski definition) is 4. The van der Waals surface area contributed by atoms with E-state index in [4.69, 9.17) is 5.73 Å². The number of benzene rings is 1. The van der Waals surface area contributed by atoms with Gasteiger partial charge in [0.2, 0.25) is 0 Å². The van der Waals surface area contributed by atoms with Crippen molar-refractivity contribution >= 4 is 33.3 Å². The summed E-state index contributed by atoms with van der Waals surface area (Å²) in [5.41, 5.74) is 5.51. The molecule has 0 spiro atoms. The van der Waals surface area contributed by atoms with E-state index in [1.54, 1.807) is 0 Å². The van der Waals surface area contributed by atoms with E-state index >= 15 is 0 Å². The number of hydrogen-bond donors (Lipinski definition) is 2. The van der Waals surface area contributed by atoms with Gasteiger partial charge in [0.05, 0.1) is 5.69 Å². The van der Waals surface area contributed by atoms with Crippen LogP contribution in [0.4, 0.5) is 26.1 Å². The molecule has 88 valence electrons. The first-order chi connectivity index (χ1) is 8.09. The first kappa shape index (κ1) is 11.7. The third-order valence-electron chi connectivity index (χ3n) is 2.02. The van der Waals surface area contributed by atoms with Crippen LogP contribution in [0.2, 0.25) is 0 Å². The zero-order chi connectivity index (χ0) is 12.4. The molecular weight excluding hydrogens is 294 g/mol. The number of anilines is 3. The normalized spacial score (nSPS) is 10.3. The van der Waals surface area contributed by atoms with Crippen molar-refractivity contribution in [1.29, 1.82) is 0 Å². The Morgan fingerprint density at radius 3 is 2.76 bits per heavy atom. The highest BCUT2D eigenvalue weighted by Crippen LogP contribution is 2.28. The van der Waals surface area contributed by atoms with E-state index in [1.807, 2.05) is 0 Å². The van der Waals surface area contributed by atoms with Crippen LogP contribution in [0.5, 0.6) is 0 Å². The zero-order valence-corrected chi connectivity index (χ0v) is 10.0. The van der Waals surface area contributed by atoms with Crippen LogP contribution in [0.3, 0.4) is 0 Å². The van der Waals surface area contributed by atoms with Gasteiger partial charge in [0, 0.05) is 0 Å². The molecule has 1 aromatic carbocycles. The highest BCUT2D eigenvalue weighted by Gasteiger charge is 2.11. The van der Waals surface area contributed by atoms with Gasteiger partial charge in [-0.1, -0.05) is 6.07 Å². The smallest absolute Gasteiger partial charge is 0.182 e. The molecule has 0 fully saturated rings. The molecule has 0 radical (unpaired) electrons. The van der Waals surface area contributed by atoms with Crippen molar-refractivity contribution in [1.82, 2.24) is 9.97 Å². The molecule has 4 nitrogen and oxygen atoms in total. The van der Waals surface area contributed by atoms with Crippen LogP contribution in [0, 0.1) is 11.6 Å². The third-order valence-corrected chi connectivity index (χ3v) is 2.80. The Morgan fingerprint density at radius 2 is 2.00 bits per heavy atom. The van der Waals surface area contributed by atoms with E-state index in [2.05, 4.69) is 31.2 Å². The summed E-state index contributed by atoms with van der Waals surface area (Å²) in [6.07, 6.45) is 1.22.